The van der Waals surface area contributed by atoms with Crippen LogP contribution in [-0.4, -0.2) is 74.5 Å². The minimum Gasteiger partial charge on any atom is -0.484 e. The Kier molecular flexibility index (Phi) is 5.64. The molecule has 0 radical (unpaired) electrons. The summed E-state index contributed by atoms with van der Waals surface area (Å²) in [7, 11) is -2.84. The van der Waals surface area contributed by atoms with E-state index in [0.717, 1.165) is 18.4 Å². The first-order valence-electron chi connectivity index (χ1n) is 8.85. The fraction of sp³-hybridized carbons (Fsp3) is 0.611. The number of hydrogen-bond acceptors (Lipinski definition) is 5. The van der Waals surface area contributed by atoms with Crippen molar-refractivity contribution in [3.05, 3.63) is 29.8 Å². The van der Waals surface area contributed by atoms with E-state index in [9.17, 15) is 13.2 Å². The number of sulfone groups is 1. The van der Waals surface area contributed by atoms with Crippen molar-refractivity contribution in [1.29, 1.82) is 0 Å². The van der Waals surface area contributed by atoms with Crippen LogP contribution in [0.4, 0.5) is 0 Å². The standard InChI is InChI=1S/C18H26N2O4S/c1-15-2-4-17(5-3-15)24-14-18(21)20-8-6-16(7-9-20)19-10-12-25(22,23)13-11-19/h2-5,16H,6-14H2,1H3. The maximum absolute atomic E-state index is 12.3. The number of nitrogens with zero attached hydrogens (tertiary/aromatic N) is 2. The second-order valence-electron chi connectivity index (χ2n) is 6.90. The van der Waals surface area contributed by atoms with Gasteiger partial charge in [0.05, 0.1) is 11.5 Å². The van der Waals surface area contributed by atoms with Crippen LogP contribution in [0.5, 0.6) is 5.75 Å². The van der Waals surface area contributed by atoms with Gasteiger partial charge in [-0.15, -0.1) is 0 Å². The molecule has 2 heterocycles. The van der Waals surface area contributed by atoms with Crippen molar-refractivity contribution >= 4 is 15.7 Å². The maximum Gasteiger partial charge on any atom is 0.260 e. The molecule has 0 aromatic heterocycles. The van der Waals surface area contributed by atoms with Crippen molar-refractivity contribution in [2.45, 2.75) is 25.8 Å². The summed E-state index contributed by atoms with van der Waals surface area (Å²) >= 11 is 0. The molecule has 2 saturated heterocycles. The third kappa shape index (κ3) is 4.95. The van der Waals surface area contributed by atoms with Crippen LogP contribution in [0.2, 0.25) is 0 Å². The first kappa shape index (κ1) is 18.2. The Hall–Kier alpha value is -1.60. The quantitative estimate of drug-likeness (QED) is 0.798. The molecular formula is C18H26N2O4S. The van der Waals surface area contributed by atoms with E-state index in [1.165, 1.54) is 0 Å². The first-order chi connectivity index (χ1) is 11.9. The van der Waals surface area contributed by atoms with Crippen LogP contribution in [-0.2, 0) is 14.6 Å². The van der Waals surface area contributed by atoms with Gasteiger partial charge in [-0.2, -0.15) is 0 Å². The van der Waals surface area contributed by atoms with Crippen LogP contribution in [0.1, 0.15) is 18.4 Å². The zero-order valence-electron chi connectivity index (χ0n) is 14.7. The minimum absolute atomic E-state index is 0.0141. The van der Waals surface area contributed by atoms with Gasteiger partial charge in [-0.05, 0) is 31.9 Å². The van der Waals surface area contributed by atoms with Crippen molar-refractivity contribution in [3.63, 3.8) is 0 Å². The molecule has 0 atom stereocenters. The lowest BCUT2D eigenvalue weighted by Crippen LogP contribution is -2.51. The minimum atomic E-state index is -2.84. The van der Waals surface area contributed by atoms with Gasteiger partial charge < -0.3 is 9.64 Å². The summed E-state index contributed by atoms with van der Waals surface area (Å²) in [6.45, 7) is 4.75. The summed E-state index contributed by atoms with van der Waals surface area (Å²) in [6, 6.07) is 8.06. The highest BCUT2D eigenvalue weighted by Crippen LogP contribution is 2.19. The molecule has 0 bridgehead atoms. The monoisotopic (exact) mass is 366 g/mol. The van der Waals surface area contributed by atoms with Crippen molar-refractivity contribution in [1.82, 2.24) is 9.80 Å². The lowest BCUT2D eigenvalue weighted by molar-refractivity contribution is -0.134. The Morgan fingerprint density at radius 1 is 1.08 bits per heavy atom. The van der Waals surface area contributed by atoms with Crippen molar-refractivity contribution in [3.8, 4) is 5.75 Å². The fourth-order valence-corrected chi connectivity index (χ4v) is 4.67. The van der Waals surface area contributed by atoms with Gasteiger partial charge in [-0.3, -0.25) is 9.69 Å². The third-order valence-electron chi connectivity index (χ3n) is 5.10. The molecular weight excluding hydrogens is 340 g/mol. The van der Waals surface area contributed by atoms with Crippen LogP contribution in [0.15, 0.2) is 24.3 Å². The SMILES string of the molecule is Cc1ccc(OCC(=O)N2CCC(N3CCS(=O)(=O)CC3)CC2)cc1. The summed E-state index contributed by atoms with van der Waals surface area (Å²) in [5.74, 6) is 1.25. The van der Waals surface area contributed by atoms with Gasteiger partial charge >= 0.3 is 0 Å². The summed E-state index contributed by atoms with van der Waals surface area (Å²) in [4.78, 5) is 16.4. The number of hydrogen-bond donors (Lipinski definition) is 0. The Bertz CT molecular complexity index is 680. The lowest BCUT2D eigenvalue weighted by Gasteiger charge is -2.40. The van der Waals surface area contributed by atoms with E-state index < -0.39 is 9.84 Å². The van der Waals surface area contributed by atoms with Crippen LogP contribution in [0.25, 0.3) is 0 Å². The van der Waals surface area contributed by atoms with Gasteiger partial charge in [0.1, 0.15) is 5.75 Å². The normalized spacial score (nSPS) is 21.9. The van der Waals surface area contributed by atoms with E-state index in [-0.39, 0.29) is 24.0 Å². The molecule has 6 nitrogen and oxygen atoms in total. The van der Waals surface area contributed by atoms with Gasteiger partial charge in [0.2, 0.25) is 0 Å². The zero-order chi connectivity index (χ0) is 17.9. The number of likely N-dealkylation sites (tertiary alicyclic amines) is 1. The van der Waals surface area contributed by atoms with Crippen molar-refractivity contribution in [2.75, 3.05) is 44.3 Å². The van der Waals surface area contributed by atoms with E-state index >= 15 is 0 Å². The number of carbonyl (C=O) groups excluding carboxylic acids is 1. The van der Waals surface area contributed by atoms with Crippen LogP contribution in [0.3, 0.4) is 0 Å². The average Bonchev–Trinajstić information content (AvgIpc) is 2.61. The van der Waals surface area contributed by atoms with Gasteiger partial charge in [0.25, 0.3) is 5.91 Å². The molecule has 1 aromatic carbocycles. The molecule has 0 aliphatic carbocycles. The van der Waals surface area contributed by atoms with Gasteiger partial charge in [0, 0.05) is 32.2 Å². The largest absolute Gasteiger partial charge is 0.484 e. The Morgan fingerprint density at radius 2 is 1.68 bits per heavy atom. The highest BCUT2D eigenvalue weighted by Gasteiger charge is 2.30. The number of amides is 1. The lowest BCUT2D eigenvalue weighted by atomic mass is 10.0. The Balaban J connectivity index is 1.42. The summed E-state index contributed by atoms with van der Waals surface area (Å²) in [5.41, 5.74) is 1.16. The fourth-order valence-electron chi connectivity index (χ4n) is 3.44. The topological polar surface area (TPSA) is 66.9 Å². The number of aryl methyl sites for hydroxylation is 1. The number of piperidine rings is 1. The molecule has 3 rings (SSSR count). The van der Waals surface area contributed by atoms with Gasteiger partial charge in [-0.25, -0.2) is 8.42 Å². The zero-order valence-corrected chi connectivity index (χ0v) is 15.5. The van der Waals surface area contributed by atoms with E-state index in [1.807, 2.05) is 36.1 Å². The second-order valence-corrected chi connectivity index (χ2v) is 9.21. The highest BCUT2D eigenvalue weighted by molar-refractivity contribution is 7.91. The van der Waals surface area contributed by atoms with E-state index in [1.54, 1.807) is 0 Å². The van der Waals surface area contributed by atoms with E-state index in [0.29, 0.717) is 38.0 Å². The third-order valence-corrected chi connectivity index (χ3v) is 6.71. The molecule has 2 fully saturated rings. The molecule has 25 heavy (non-hydrogen) atoms. The van der Waals surface area contributed by atoms with Crippen LogP contribution >= 0.6 is 0 Å². The molecule has 0 spiro atoms. The van der Waals surface area contributed by atoms with Crippen LogP contribution in [0, 0.1) is 6.92 Å². The van der Waals surface area contributed by atoms with Crippen molar-refractivity contribution < 1.29 is 17.9 Å². The predicted molar refractivity (Wildman–Crippen MR) is 96.5 cm³/mol. The van der Waals surface area contributed by atoms with E-state index in [2.05, 4.69) is 4.90 Å². The maximum atomic E-state index is 12.3. The molecule has 0 N–H and O–H groups in total. The van der Waals surface area contributed by atoms with Crippen LogP contribution < -0.4 is 4.74 Å². The molecule has 138 valence electrons. The summed E-state index contributed by atoms with van der Waals surface area (Å²) in [5, 5.41) is 0. The number of carbonyl (C=O) groups is 1. The van der Waals surface area contributed by atoms with Crippen molar-refractivity contribution in [2.24, 2.45) is 0 Å². The number of ether oxygens (including phenoxy) is 1. The van der Waals surface area contributed by atoms with E-state index in [4.69, 9.17) is 4.74 Å². The smallest absolute Gasteiger partial charge is 0.260 e. The molecule has 2 aliphatic rings. The molecule has 0 unspecified atom stereocenters. The average molecular weight is 366 g/mol. The second kappa shape index (κ2) is 7.74. The molecule has 1 amide bonds. The molecule has 1 aromatic rings. The highest BCUT2D eigenvalue weighted by atomic mass is 32.2. The Labute approximate surface area is 149 Å². The predicted octanol–water partition coefficient (Wildman–Crippen LogP) is 1.10. The Morgan fingerprint density at radius 3 is 2.28 bits per heavy atom. The molecule has 7 heteroatoms. The number of benzene rings is 1. The van der Waals surface area contributed by atoms with Gasteiger partial charge in [0.15, 0.2) is 16.4 Å². The molecule has 2 aliphatic heterocycles. The summed E-state index contributed by atoms with van der Waals surface area (Å²) < 4.78 is 28.6. The summed E-state index contributed by atoms with van der Waals surface area (Å²) in [6.07, 6.45) is 1.80. The first-order valence-corrected chi connectivity index (χ1v) is 10.7. The molecule has 0 saturated carbocycles. The van der Waals surface area contributed by atoms with Gasteiger partial charge in [-0.1, -0.05) is 17.7 Å². The number of rotatable bonds is 4.